The maximum atomic E-state index is 11.2. The number of nitrogens with zero attached hydrogens (tertiary/aromatic N) is 6. The van der Waals surface area contributed by atoms with Crippen LogP contribution < -0.4 is 0 Å². The first-order valence-corrected chi connectivity index (χ1v) is 7.83. The van der Waals surface area contributed by atoms with Gasteiger partial charge in [-0.1, -0.05) is 24.4 Å². The molecule has 0 aliphatic heterocycles. The molecule has 2 aromatic rings. The van der Waals surface area contributed by atoms with E-state index in [1.165, 1.54) is 24.6 Å². The Balaban J connectivity index is 1.94. The largest absolute Gasteiger partial charge is 0.298 e. The number of aromatic nitrogens is 6. The van der Waals surface area contributed by atoms with Crippen LogP contribution in [0.2, 0.25) is 5.15 Å². The maximum Gasteiger partial charge on any atom is 0.215 e. The Morgan fingerprint density at radius 3 is 2.81 bits per heavy atom. The second-order valence-corrected chi connectivity index (χ2v) is 6.16. The van der Waals surface area contributed by atoms with E-state index in [1.54, 1.807) is 6.92 Å². The summed E-state index contributed by atoms with van der Waals surface area (Å²) < 4.78 is 1.82. The van der Waals surface area contributed by atoms with Crippen LogP contribution in [0.15, 0.2) is 10.2 Å². The van der Waals surface area contributed by atoms with E-state index in [9.17, 15) is 4.79 Å². The standard InChI is InChI=1S/C12H13ClN6OS/c1-7-14-10(13)9(6-20)11(15-7)21-12-16-17-18-19(12)8-4-2-3-5-8/h6,8H,2-5H2,1H3. The predicted molar refractivity (Wildman–Crippen MR) is 76.6 cm³/mol. The van der Waals surface area contributed by atoms with Crippen molar-refractivity contribution >= 4 is 29.6 Å². The molecule has 1 saturated carbocycles. The van der Waals surface area contributed by atoms with Crippen molar-refractivity contribution in [3.63, 3.8) is 0 Å². The molecule has 3 rings (SSSR count). The van der Waals surface area contributed by atoms with Gasteiger partial charge in [0.25, 0.3) is 0 Å². The lowest BCUT2D eigenvalue weighted by Crippen LogP contribution is -2.08. The summed E-state index contributed by atoms with van der Waals surface area (Å²) in [5.41, 5.74) is 0.272. The Hall–Kier alpha value is -1.54. The van der Waals surface area contributed by atoms with E-state index >= 15 is 0 Å². The van der Waals surface area contributed by atoms with Crippen LogP contribution in [0.25, 0.3) is 0 Å². The van der Waals surface area contributed by atoms with Crippen LogP contribution in [-0.2, 0) is 0 Å². The number of hydrogen-bond donors (Lipinski definition) is 0. The third-order valence-electron chi connectivity index (χ3n) is 3.41. The van der Waals surface area contributed by atoms with Crippen molar-refractivity contribution in [2.75, 3.05) is 0 Å². The first-order chi connectivity index (χ1) is 10.2. The van der Waals surface area contributed by atoms with Crippen molar-refractivity contribution in [3.8, 4) is 0 Å². The first-order valence-electron chi connectivity index (χ1n) is 6.64. The Morgan fingerprint density at radius 2 is 2.10 bits per heavy atom. The Bertz CT molecular complexity index is 670. The van der Waals surface area contributed by atoms with Crippen LogP contribution in [0.3, 0.4) is 0 Å². The molecule has 9 heteroatoms. The van der Waals surface area contributed by atoms with Crippen molar-refractivity contribution in [1.29, 1.82) is 0 Å². The zero-order valence-electron chi connectivity index (χ0n) is 11.4. The van der Waals surface area contributed by atoms with Gasteiger partial charge in [-0.15, -0.1) is 5.10 Å². The summed E-state index contributed by atoms with van der Waals surface area (Å²) in [6, 6.07) is 0.320. The van der Waals surface area contributed by atoms with Gasteiger partial charge in [-0.05, 0) is 42.0 Å². The van der Waals surface area contributed by atoms with Crippen molar-refractivity contribution in [1.82, 2.24) is 30.2 Å². The molecule has 0 unspecified atom stereocenters. The molecular formula is C12H13ClN6OS. The van der Waals surface area contributed by atoms with Gasteiger partial charge < -0.3 is 0 Å². The summed E-state index contributed by atoms with van der Waals surface area (Å²) in [7, 11) is 0. The number of carbonyl (C=O) groups excluding carboxylic acids is 1. The fourth-order valence-corrected chi connectivity index (χ4v) is 3.69. The minimum absolute atomic E-state index is 0.153. The monoisotopic (exact) mass is 324 g/mol. The van der Waals surface area contributed by atoms with E-state index in [1.807, 2.05) is 4.68 Å². The molecule has 0 atom stereocenters. The van der Waals surface area contributed by atoms with Crippen LogP contribution in [-0.4, -0.2) is 36.5 Å². The molecule has 1 aliphatic carbocycles. The molecule has 0 saturated heterocycles. The minimum Gasteiger partial charge on any atom is -0.298 e. The van der Waals surface area contributed by atoms with E-state index in [2.05, 4.69) is 25.5 Å². The van der Waals surface area contributed by atoms with Crippen molar-refractivity contribution < 1.29 is 4.79 Å². The highest BCUT2D eigenvalue weighted by molar-refractivity contribution is 7.99. The zero-order valence-corrected chi connectivity index (χ0v) is 12.9. The molecule has 0 aromatic carbocycles. The van der Waals surface area contributed by atoms with Crippen molar-refractivity contribution in [3.05, 3.63) is 16.5 Å². The van der Waals surface area contributed by atoms with Crippen LogP contribution in [0, 0.1) is 6.92 Å². The SMILES string of the molecule is Cc1nc(Cl)c(C=O)c(Sc2nnnn2C2CCCC2)n1. The van der Waals surface area contributed by atoms with E-state index in [0.29, 0.717) is 28.3 Å². The molecule has 21 heavy (non-hydrogen) atoms. The lowest BCUT2D eigenvalue weighted by molar-refractivity contribution is 0.112. The lowest BCUT2D eigenvalue weighted by atomic mass is 10.3. The average Bonchev–Trinajstić information content (AvgIpc) is 3.08. The van der Waals surface area contributed by atoms with Gasteiger partial charge in [0.15, 0.2) is 6.29 Å². The molecule has 0 radical (unpaired) electrons. The minimum atomic E-state index is 0.153. The van der Waals surface area contributed by atoms with E-state index < -0.39 is 0 Å². The summed E-state index contributed by atoms with van der Waals surface area (Å²) in [5.74, 6) is 0.507. The molecule has 7 nitrogen and oxygen atoms in total. The third kappa shape index (κ3) is 2.91. The molecule has 0 bridgehead atoms. The van der Waals surface area contributed by atoms with Crippen LogP contribution in [0.1, 0.15) is 47.9 Å². The maximum absolute atomic E-state index is 11.2. The summed E-state index contributed by atoms with van der Waals surface area (Å²) in [6.07, 6.45) is 5.18. The summed E-state index contributed by atoms with van der Waals surface area (Å²) in [4.78, 5) is 19.5. The molecule has 1 aliphatic rings. The quantitative estimate of drug-likeness (QED) is 0.630. The zero-order chi connectivity index (χ0) is 14.8. The number of halogens is 1. The highest BCUT2D eigenvalue weighted by Gasteiger charge is 2.23. The molecular weight excluding hydrogens is 312 g/mol. The van der Waals surface area contributed by atoms with Gasteiger partial charge in [-0.25, -0.2) is 14.6 Å². The number of tetrazole rings is 1. The fraction of sp³-hybridized carbons (Fsp3) is 0.500. The second-order valence-electron chi connectivity index (χ2n) is 4.84. The third-order valence-corrected chi connectivity index (χ3v) is 4.66. The summed E-state index contributed by atoms with van der Waals surface area (Å²) in [5, 5.41) is 13.1. The van der Waals surface area contributed by atoms with Crippen molar-refractivity contribution in [2.45, 2.75) is 48.8 Å². The van der Waals surface area contributed by atoms with E-state index in [-0.39, 0.29) is 10.7 Å². The average molecular weight is 325 g/mol. The topological polar surface area (TPSA) is 86.5 Å². The number of rotatable bonds is 4. The molecule has 2 heterocycles. The summed E-state index contributed by atoms with van der Waals surface area (Å²) >= 11 is 7.24. The smallest absolute Gasteiger partial charge is 0.215 e. The van der Waals surface area contributed by atoms with E-state index in [0.717, 1.165) is 12.8 Å². The molecule has 0 amide bonds. The Kier molecular flexibility index (Phi) is 4.16. The van der Waals surface area contributed by atoms with Crippen LogP contribution in [0.5, 0.6) is 0 Å². The number of aryl methyl sites for hydroxylation is 1. The van der Waals surface area contributed by atoms with E-state index in [4.69, 9.17) is 11.6 Å². The van der Waals surface area contributed by atoms with Crippen LogP contribution in [0.4, 0.5) is 0 Å². The van der Waals surface area contributed by atoms with Gasteiger partial charge in [0.2, 0.25) is 5.16 Å². The molecule has 1 fully saturated rings. The summed E-state index contributed by atoms with van der Waals surface area (Å²) in [6.45, 7) is 1.73. The van der Waals surface area contributed by atoms with Gasteiger partial charge in [0.1, 0.15) is 16.0 Å². The van der Waals surface area contributed by atoms with Gasteiger partial charge in [0.05, 0.1) is 11.6 Å². The molecule has 0 N–H and O–H groups in total. The highest BCUT2D eigenvalue weighted by atomic mass is 35.5. The van der Waals surface area contributed by atoms with Gasteiger partial charge in [0, 0.05) is 0 Å². The first kappa shape index (κ1) is 14.4. The second kappa shape index (κ2) is 6.07. The van der Waals surface area contributed by atoms with Gasteiger partial charge in [-0.2, -0.15) is 0 Å². The van der Waals surface area contributed by atoms with Gasteiger partial charge in [-0.3, -0.25) is 4.79 Å². The molecule has 110 valence electrons. The van der Waals surface area contributed by atoms with Gasteiger partial charge >= 0.3 is 0 Å². The molecule has 0 spiro atoms. The lowest BCUT2D eigenvalue weighted by Gasteiger charge is -2.11. The fourth-order valence-electron chi connectivity index (χ4n) is 2.42. The Labute approximate surface area is 130 Å². The predicted octanol–water partition coefficient (Wildman–Crippen LogP) is 2.50. The normalized spacial score (nSPS) is 15.5. The number of carbonyl (C=O) groups is 1. The van der Waals surface area contributed by atoms with Crippen molar-refractivity contribution in [2.24, 2.45) is 0 Å². The Morgan fingerprint density at radius 1 is 1.33 bits per heavy atom. The number of hydrogen-bond acceptors (Lipinski definition) is 7. The number of aldehydes is 1. The van der Waals surface area contributed by atoms with Crippen LogP contribution >= 0.6 is 23.4 Å². The molecule has 2 aromatic heterocycles. The highest BCUT2D eigenvalue weighted by Crippen LogP contribution is 2.34.